The third kappa shape index (κ3) is 1.21. The highest BCUT2D eigenvalue weighted by Crippen LogP contribution is 2.34. The summed E-state index contributed by atoms with van der Waals surface area (Å²) in [7, 11) is 3.21. The molecule has 1 nitrogen and oxygen atoms in total. The van der Waals surface area contributed by atoms with Gasteiger partial charge in [-0.1, -0.05) is 87.4 Å². The molecular weight excluding hydrogens is 263 g/mol. The van der Waals surface area contributed by atoms with Gasteiger partial charge in [-0.05, 0) is 0 Å². The van der Waals surface area contributed by atoms with Gasteiger partial charge in [-0.2, -0.15) is 0 Å². The van der Waals surface area contributed by atoms with E-state index in [1.54, 1.807) is 0 Å². The maximum Gasteiger partial charge on any atom is 0.197 e. The monoisotopic (exact) mass is 275 g/mol. The molecule has 3 aromatic rings. The zero-order chi connectivity index (χ0) is 14.3. The van der Waals surface area contributed by atoms with Crippen molar-refractivity contribution in [2.45, 2.75) is 0 Å². The largest absolute Gasteiger partial charge is 0.314 e. The molecule has 0 radical (unpaired) electrons. The van der Waals surface area contributed by atoms with Gasteiger partial charge in [0.05, 0.1) is 0 Å². The Morgan fingerprint density at radius 3 is 1.00 bits per heavy atom. The highest BCUT2D eigenvalue weighted by atomic mass is 15.2. The lowest BCUT2D eigenvalue weighted by Crippen LogP contribution is -2.57. The number of rotatable bonds is 0. The van der Waals surface area contributed by atoms with Gasteiger partial charge in [-0.3, -0.25) is 0 Å². The lowest BCUT2D eigenvalue weighted by atomic mass is 9.48. The van der Waals surface area contributed by atoms with Crippen LogP contribution in [0.15, 0.2) is 54.6 Å². The summed E-state index contributed by atoms with van der Waals surface area (Å²) in [5.74, 6) is 0. The van der Waals surface area contributed by atoms with Gasteiger partial charge in [-0.25, -0.2) is 0 Å². The molecule has 3 heterocycles. The second-order valence-corrected chi connectivity index (χ2v) is 6.64. The van der Waals surface area contributed by atoms with Gasteiger partial charge in [0, 0.05) is 17.1 Å². The Morgan fingerprint density at radius 1 is 0.455 bits per heavy atom. The predicted octanol–water partition coefficient (Wildman–Crippen LogP) is -1.74. The lowest BCUT2D eigenvalue weighted by Gasteiger charge is -2.44. The number of nitrogens with zero attached hydrogens (tertiary/aromatic N) is 1. The molecule has 3 aliphatic rings. The molecule has 3 aromatic carbocycles. The Kier molecular flexibility index (Phi) is 1.89. The van der Waals surface area contributed by atoms with Crippen LogP contribution in [0.3, 0.4) is 0 Å². The minimum atomic E-state index is 1.07. The Balaban J connectivity index is 1.80. The average molecular weight is 275 g/mol. The first-order chi connectivity index (χ1) is 10.9. The normalized spacial score (nSPS) is 14.5. The molecule has 3 aliphatic heterocycles. The van der Waals surface area contributed by atoms with Crippen molar-refractivity contribution in [2.24, 2.45) is 0 Å². The standard InChI is InChI=1S/C18H12B3N/c1-4-10-16-11(5-1)20-13-7-3-9-15-18(13)22(16)17-12(19-10)6-2-8-14(17)21-15/h1-9,19-21H. The number of hydrogen-bond donors (Lipinski definition) is 0. The molecule has 0 saturated carbocycles. The van der Waals surface area contributed by atoms with Crippen molar-refractivity contribution in [1.82, 2.24) is 0 Å². The molecule has 98 valence electrons. The SMILES string of the molecule is B1c2cccc3c2N2c4c1cccc4Bc1cccc(c12)B3. The van der Waals surface area contributed by atoms with Crippen LogP contribution < -0.4 is 37.7 Å². The highest BCUT2D eigenvalue weighted by Gasteiger charge is 2.37. The van der Waals surface area contributed by atoms with Gasteiger partial charge in [0.25, 0.3) is 0 Å². The van der Waals surface area contributed by atoms with Crippen LogP contribution in [0, 0.1) is 0 Å². The fraction of sp³-hybridized carbons (Fsp3) is 0. The van der Waals surface area contributed by atoms with Gasteiger partial charge < -0.3 is 4.90 Å². The minimum Gasteiger partial charge on any atom is -0.314 e. The van der Waals surface area contributed by atoms with Gasteiger partial charge >= 0.3 is 0 Å². The number of benzene rings is 3. The molecule has 0 bridgehead atoms. The first kappa shape index (κ1) is 11.3. The summed E-state index contributed by atoms with van der Waals surface area (Å²) in [4.78, 5) is 2.57. The van der Waals surface area contributed by atoms with Crippen LogP contribution in [-0.2, 0) is 0 Å². The zero-order valence-corrected chi connectivity index (χ0v) is 12.3. The van der Waals surface area contributed by atoms with Crippen molar-refractivity contribution in [1.29, 1.82) is 0 Å². The molecular formula is C18H12B3N. The second-order valence-electron chi connectivity index (χ2n) is 6.64. The molecule has 0 amide bonds. The lowest BCUT2D eigenvalue weighted by molar-refractivity contribution is 1.32. The van der Waals surface area contributed by atoms with Crippen LogP contribution in [0.4, 0.5) is 17.1 Å². The number of hydrogen-bond acceptors (Lipinski definition) is 1. The van der Waals surface area contributed by atoms with E-state index in [2.05, 4.69) is 59.5 Å². The first-order valence-corrected chi connectivity index (χ1v) is 8.02. The van der Waals surface area contributed by atoms with Crippen molar-refractivity contribution in [3.63, 3.8) is 0 Å². The smallest absolute Gasteiger partial charge is 0.197 e. The third-order valence-corrected chi connectivity index (χ3v) is 5.42. The Hall–Kier alpha value is -2.35. The molecule has 0 atom stereocenters. The van der Waals surface area contributed by atoms with E-state index in [0.29, 0.717) is 0 Å². The Morgan fingerprint density at radius 2 is 0.727 bits per heavy atom. The topological polar surface area (TPSA) is 3.24 Å². The van der Waals surface area contributed by atoms with E-state index in [-0.39, 0.29) is 0 Å². The zero-order valence-electron chi connectivity index (χ0n) is 12.3. The third-order valence-electron chi connectivity index (χ3n) is 5.42. The molecule has 4 heteroatoms. The number of anilines is 3. The van der Waals surface area contributed by atoms with E-state index < -0.39 is 0 Å². The van der Waals surface area contributed by atoms with E-state index in [1.165, 1.54) is 49.8 Å². The van der Waals surface area contributed by atoms with Crippen molar-refractivity contribution in [3.8, 4) is 0 Å². The second kappa shape index (κ2) is 3.70. The maximum atomic E-state index is 2.57. The van der Waals surface area contributed by atoms with Crippen molar-refractivity contribution >= 4 is 71.7 Å². The van der Waals surface area contributed by atoms with Crippen LogP contribution in [0.2, 0.25) is 0 Å². The molecule has 22 heavy (non-hydrogen) atoms. The van der Waals surface area contributed by atoms with Gasteiger partial charge in [0.2, 0.25) is 0 Å². The van der Waals surface area contributed by atoms with Crippen molar-refractivity contribution in [2.75, 3.05) is 4.90 Å². The highest BCUT2D eigenvalue weighted by molar-refractivity contribution is 6.82. The maximum absolute atomic E-state index is 2.57. The van der Waals surface area contributed by atoms with E-state index in [9.17, 15) is 0 Å². The molecule has 0 spiro atoms. The quantitative estimate of drug-likeness (QED) is 0.297. The molecule has 0 aliphatic carbocycles. The molecule has 0 saturated heterocycles. The summed E-state index contributed by atoms with van der Waals surface area (Å²) in [6.07, 6.45) is 0. The fourth-order valence-electron chi connectivity index (χ4n) is 4.60. The van der Waals surface area contributed by atoms with E-state index in [4.69, 9.17) is 0 Å². The Labute approximate surface area is 131 Å². The molecule has 0 unspecified atom stereocenters. The van der Waals surface area contributed by atoms with Crippen molar-refractivity contribution in [3.05, 3.63) is 54.6 Å². The van der Waals surface area contributed by atoms with E-state index in [0.717, 1.165) is 21.8 Å². The van der Waals surface area contributed by atoms with Crippen LogP contribution in [0.25, 0.3) is 0 Å². The number of para-hydroxylation sites is 3. The first-order valence-electron chi connectivity index (χ1n) is 8.02. The minimum absolute atomic E-state index is 1.07. The summed E-state index contributed by atoms with van der Waals surface area (Å²) in [5.41, 5.74) is 13.2. The average Bonchev–Trinajstić information content (AvgIpc) is 2.55. The fourth-order valence-corrected chi connectivity index (χ4v) is 4.60. The van der Waals surface area contributed by atoms with E-state index >= 15 is 0 Å². The van der Waals surface area contributed by atoms with Crippen molar-refractivity contribution < 1.29 is 0 Å². The summed E-state index contributed by atoms with van der Waals surface area (Å²) in [6.45, 7) is 0. The predicted molar refractivity (Wildman–Crippen MR) is 100 cm³/mol. The van der Waals surface area contributed by atoms with Crippen LogP contribution >= 0.6 is 0 Å². The van der Waals surface area contributed by atoms with Crippen LogP contribution in [-0.4, -0.2) is 21.8 Å². The van der Waals surface area contributed by atoms with Crippen LogP contribution in [0.5, 0.6) is 0 Å². The molecule has 0 N–H and O–H groups in total. The molecule has 6 rings (SSSR count). The summed E-state index contributed by atoms with van der Waals surface area (Å²) in [5, 5.41) is 0. The van der Waals surface area contributed by atoms with Gasteiger partial charge in [-0.15, -0.1) is 0 Å². The van der Waals surface area contributed by atoms with E-state index in [1.807, 2.05) is 0 Å². The summed E-state index contributed by atoms with van der Waals surface area (Å²) < 4.78 is 0. The molecule has 0 aromatic heterocycles. The Bertz CT molecular complexity index is 792. The van der Waals surface area contributed by atoms with Gasteiger partial charge in [0.1, 0.15) is 0 Å². The summed E-state index contributed by atoms with van der Waals surface area (Å²) in [6, 6.07) is 20.5. The van der Waals surface area contributed by atoms with Gasteiger partial charge in [0.15, 0.2) is 21.8 Å². The summed E-state index contributed by atoms with van der Waals surface area (Å²) >= 11 is 0. The molecule has 0 fully saturated rings. The van der Waals surface area contributed by atoms with Crippen LogP contribution in [0.1, 0.15) is 0 Å².